The van der Waals surface area contributed by atoms with E-state index in [1.165, 1.54) is 30.3 Å². The number of phenolic OH excluding ortho intramolecular Hbond substituents is 2. The molecule has 0 bridgehead atoms. The van der Waals surface area contributed by atoms with Crippen molar-refractivity contribution in [3.63, 3.8) is 0 Å². The fourth-order valence-corrected chi connectivity index (χ4v) is 8.86. The van der Waals surface area contributed by atoms with Crippen molar-refractivity contribution in [3.8, 4) is 34.1 Å². The van der Waals surface area contributed by atoms with E-state index in [0.29, 0.717) is 44.0 Å². The molecule has 0 saturated carbocycles. The van der Waals surface area contributed by atoms with E-state index in [2.05, 4.69) is 10.6 Å². The number of esters is 2. The van der Waals surface area contributed by atoms with Crippen molar-refractivity contribution in [2.45, 2.75) is 19.9 Å². The zero-order valence-corrected chi connectivity index (χ0v) is 36.0. The Morgan fingerprint density at radius 3 is 1.35 bits per heavy atom. The Balaban J connectivity index is 0.774. The SMILES string of the molecule is CC(C)Nc1ccc(-c2ccc(N3C(=O)c4cc5cc6ccc(C(=O)Oc7ccc(OC(=O)c8ccc9cc%10cc%11c(cc%10cc9c8)C(=O)NC%11=O)cc7)cc6cc5cc4C3=O)cc2O)c(O)c1. The highest BCUT2D eigenvalue weighted by atomic mass is 16.5. The Bertz CT molecular complexity index is 3770. The van der Waals surface area contributed by atoms with Crippen molar-refractivity contribution in [2.75, 3.05) is 10.2 Å². The number of carbonyl (C=O) groups is 6. The summed E-state index contributed by atoms with van der Waals surface area (Å²) in [5.74, 6) is -3.05. The summed E-state index contributed by atoms with van der Waals surface area (Å²) in [6, 6.07) is 39.9. The molecule has 9 aromatic rings. The molecule has 2 aliphatic heterocycles. The first-order valence-corrected chi connectivity index (χ1v) is 21.5. The van der Waals surface area contributed by atoms with Crippen LogP contribution >= 0.6 is 0 Å². The number of anilines is 2. The molecule has 2 aliphatic rings. The molecule has 11 rings (SSSR count). The molecular weight excluding hydrogens is 863 g/mol. The van der Waals surface area contributed by atoms with Gasteiger partial charge in [-0.3, -0.25) is 24.5 Å². The number of hydrogen-bond acceptors (Lipinski definition) is 11. The van der Waals surface area contributed by atoms with Gasteiger partial charge >= 0.3 is 11.9 Å². The quantitative estimate of drug-likeness (QED) is 0.0492. The molecule has 0 aromatic heterocycles. The molecule has 330 valence electrons. The predicted molar refractivity (Wildman–Crippen MR) is 256 cm³/mol. The van der Waals surface area contributed by atoms with Crippen LogP contribution in [0.3, 0.4) is 0 Å². The lowest BCUT2D eigenvalue weighted by Crippen LogP contribution is -2.29. The Morgan fingerprint density at radius 2 is 0.897 bits per heavy atom. The number of phenols is 2. The molecule has 0 atom stereocenters. The lowest BCUT2D eigenvalue weighted by Gasteiger charge is -2.16. The molecule has 9 aromatic carbocycles. The van der Waals surface area contributed by atoms with Gasteiger partial charge in [-0.1, -0.05) is 12.1 Å². The minimum Gasteiger partial charge on any atom is -0.507 e. The minimum atomic E-state index is -0.632. The van der Waals surface area contributed by atoms with E-state index in [9.17, 15) is 39.0 Å². The number of benzene rings is 9. The molecule has 0 saturated heterocycles. The first-order chi connectivity index (χ1) is 32.7. The molecule has 0 spiro atoms. The van der Waals surface area contributed by atoms with Crippen LogP contribution in [0.2, 0.25) is 0 Å². The number of hydrogen-bond donors (Lipinski definition) is 4. The first kappa shape index (κ1) is 41.4. The number of nitrogens with one attached hydrogen (secondary N) is 2. The largest absolute Gasteiger partial charge is 0.507 e. The van der Waals surface area contributed by atoms with E-state index in [1.54, 1.807) is 91.0 Å². The maximum Gasteiger partial charge on any atom is 0.343 e. The fraction of sp³-hybridized carbons (Fsp3) is 0.0545. The molecule has 2 heterocycles. The van der Waals surface area contributed by atoms with E-state index in [1.807, 2.05) is 38.1 Å². The van der Waals surface area contributed by atoms with Gasteiger partial charge in [0.25, 0.3) is 23.6 Å². The third kappa shape index (κ3) is 7.15. The number of imide groups is 2. The average molecular weight is 898 g/mol. The zero-order valence-electron chi connectivity index (χ0n) is 36.0. The van der Waals surface area contributed by atoms with E-state index < -0.39 is 35.6 Å². The molecular formula is C55H35N3O10. The van der Waals surface area contributed by atoms with E-state index in [0.717, 1.165) is 37.5 Å². The lowest BCUT2D eigenvalue weighted by atomic mass is 9.98. The number of ether oxygens (including phenoxy) is 2. The van der Waals surface area contributed by atoms with Crippen molar-refractivity contribution in [2.24, 2.45) is 0 Å². The monoisotopic (exact) mass is 897 g/mol. The number of rotatable bonds is 8. The topological polar surface area (TPSA) is 189 Å². The van der Waals surface area contributed by atoms with Gasteiger partial charge in [0.2, 0.25) is 0 Å². The Hall–Kier alpha value is -9.36. The van der Waals surface area contributed by atoms with Crippen molar-refractivity contribution < 1.29 is 48.5 Å². The summed E-state index contributed by atoms with van der Waals surface area (Å²) in [6.45, 7) is 3.95. The summed E-state index contributed by atoms with van der Waals surface area (Å²) in [7, 11) is 0. The number of carbonyl (C=O) groups excluding carboxylic acids is 6. The summed E-state index contributed by atoms with van der Waals surface area (Å²) < 4.78 is 11.3. The van der Waals surface area contributed by atoms with Gasteiger partial charge in [0, 0.05) is 35.0 Å². The standard InChI is InChI=1S/C55H35N3O10/c1-27(2)56-38-7-13-42(48(59)25-38)43-14-8-39(26-49(43)60)58-52(63)46-23-35-16-29-4-6-31(18-33(29)20-37(35)24-47(46)53(58)64)55(66)68-41-11-9-40(10-12-41)67-54(65)30-5-3-28-15-34-21-44-45(51(62)57-50(44)61)22-36(34)19-32(28)17-30/h3-27,56,59-60H,1-2H3,(H,57,61,62). The highest BCUT2D eigenvalue weighted by Gasteiger charge is 2.37. The Morgan fingerprint density at radius 1 is 0.471 bits per heavy atom. The van der Waals surface area contributed by atoms with Crippen molar-refractivity contribution >= 4 is 90.0 Å². The predicted octanol–water partition coefficient (Wildman–Crippen LogP) is 10.3. The van der Waals surface area contributed by atoms with E-state index >= 15 is 0 Å². The second kappa shape index (κ2) is 15.7. The van der Waals surface area contributed by atoms with Gasteiger partial charge in [0.15, 0.2) is 0 Å². The molecule has 13 heteroatoms. The summed E-state index contributed by atoms with van der Waals surface area (Å²) in [6.07, 6.45) is 0. The van der Waals surface area contributed by atoms with Crippen LogP contribution in [0.4, 0.5) is 11.4 Å². The fourth-order valence-electron chi connectivity index (χ4n) is 8.86. The molecule has 4 N–H and O–H groups in total. The second-order valence-corrected chi connectivity index (χ2v) is 17.0. The lowest BCUT2D eigenvalue weighted by molar-refractivity contribution is 0.0719. The molecule has 0 unspecified atom stereocenters. The molecule has 4 amide bonds. The third-order valence-corrected chi connectivity index (χ3v) is 12.1. The average Bonchev–Trinajstić information content (AvgIpc) is 3.73. The smallest absolute Gasteiger partial charge is 0.343 e. The van der Waals surface area contributed by atoms with Crippen LogP contribution < -0.4 is 25.0 Å². The van der Waals surface area contributed by atoms with Crippen LogP contribution in [0.5, 0.6) is 23.0 Å². The van der Waals surface area contributed by atoms with E-state index in [4.69, 9.17) is 9.47 Å². The van der Waals surface area contributed by atoms with Crippen molar-refractivity contribution in [1.29, 1.82) is 0 Å². The highest BCUT2D eigenvalue weighted by Crippen LogP contribution is 2.41. The first-order valence-electron chi connectivity index (χ1n) is 21.5. The van der Waals surface area contributed by atoms with Crippen LogP contribution in [0.1, 0.15) is 76.0 Å². The number of fused-ring (bicyclic) bond motifs is 6. The second-order valence-electron chi connectivity index (χ2n) is 17.0. The summed E-state index contributed by atoms with van der Waals surface area (Å²) in [5, 5.41) is 33.2. The van der Waals surface area contributed by atoms with Crippen LogP contribution in [0.15, 0.2) is 146 Å². The molecule has 0 fully saturated rings. The maximum atomic E-state index is 13.8. The van der Waals surface area contributed by atoms with Crippen LogP contribution in [0.25, 0.3) is 54.2 Å². The van der Waals surface area contributed by atoms with Gasteiger partial charge in [-0.05, 0) is 178 Å². The summed E-state index contributed by atoms with van der Waals surface area (Å²) in [5.41, 5.74) is 3.18. The van der Waals surface area contributed by atoms with Crippen LogP contribution in [-0.2, 0) is 0 Å². The molecule has 0 radical (unpaired) electrons. The third-order valence-electron chi connectivity index (χ3n) is 12.1. The Labute approximate surface area is 385 Å². The number of amides is 4. The maximum absolute atomic E-state index is 13.8. The van der Waals surface area contributed by atoms with Gasteiger partial charge in [-0.2, -0.15) is 0 Å². The normalized spacial score (nSPS) is 13.1. The molecule has 13 nitrogen and oxygen atoms in total. The van der Waals surface area contributed by atoms with Crippen molar-refractivity contribution in [3.05, 3.63) is 179 Å². The minimum absolute atomic E-state index is 0.0461. The van der Waals surface area contributed by atoms with Gasteiger partial charge < -0.3 is 25.0 Å². The van der Waals surface area contributed by atoms with Gasteiger partial charge in [0.1, 0.15) is 23.0 Å². The van der Waals surface area contributed by atoms with Crippen LogP contribution in [0, 0.1) is 0 Å². The van der Waals surface area contributed by atoms with Crippen LogP contribution in [-0.4, -0.2) is 51.8 Å². The van der Waals surface area contributed by atoms with Gasteiger partial charge in [-0.25, -0.2) is 14.5 Å². The Kier molecular flexibility index (Phi) is 9.53. The van der Waals surface area contributed by atoms with Crippen molar-refractivity contribution in [1.82, 2.24) is 5.32 Å². The highest BCUT2D eigenvalue weighted by molar-refractivity contribution is 6.35. The summed E-state index contributed by atoms with van der Waals surface area (Å²) >= 11 is 0. The number of aromatic hydroxyl groups is 2. The number of nitrogens with zero attached hydrogens (tertiary/aromatic N) is 1. The van der Waals surface area contributed by atoms with Gasteiger partial charge in [0.05, 0.1) is 39.1 Å². The van der Waals surface area contributed by atoms with E-state index in [-0.39, 0.29) is 51.4 Å². The zero-order chi connectivity index (χ0) is 47.1. The molecule has 68 heavy (non-hydrogen) atoms. The summed E-state index contributed by atoms with van der Waals surface area (Å²) in [4.78, 5) is 79.5. The molecule has 0 aliphatic carbocycles. The van der Waals surface area contributed by atoms with Gasteiger partial charge in [-0.15, -0.1) is 0 Å².